The summed E-state index contributed by atoms with van der Waals surface area (Å²) < 4.78 is 0. The molecule has 0 amide bonds. The fourth-order valence-corrected chi connectivity index (χ4v) is 1.20. The van der Waals surface area contributed by atoms with E-state index in [9.17, 15) is 0 Å². The second-order valence-electron chi connectivity index (χ2n) is 3.61. The molecule has 0 spiro atoms. The van der Waals surface area contributed by atoms with Gasteiger partial charge >= 0.3 is 0 Å². The molecule has 0 N–H and O–H groups in total. The van der Waals surface area contributed by atoms with Crippen LogP contribution in [-0.2, 0) is 0 Å². The van der Waals surface area contributed by atoms with Crippen LogP contribution >= 0.6 is 0 Å². The molecule has 1 atom stereocenters. The highest BCUT2D eigenvalue weighted by Crippen LogP contribution is 2.28. The van der Waals surface area contributed by atoms with Crippen molar-refractivity contribution in [1.82, 2.24) is 0 Å². The monoisotopic (exact) mass is 177 g/mol. The zero-order chi connectivity index (χ0) is 10.3. The van der Waals surface area contributed by atoms with Crippen LogP contribution in [0.2, 0.25) is 0 Å². The Morgan fingerprint density at radius 3 is 2.38 bits per heavy atom. The lowest BCUT2D eigenvalue weighted by atomic mass is 9.82. The van der Waals surface area contributed by atoms with Gasteiger partial charge in [-0.05, 0) is 33.6 Å². The van der Waals surface area contributed by atoms with Crippen LogP contribution in [0.1, 0.15) is 40.5 Å². The number of allylic oxidation sites excluding steroid dienone is 4. The van der Waals surface area contributed by atoms with Gasteiger partial charge in [-0.2, -0.15) is 5.26 Å². The van der Waals surface area contributed by atoms with Crippen molar-refractivity contribution < 1.29 is 0 Å². The summed E-state index contributed by atoms with van der Waals surface area (Å²) in [5.74, 6) is 0. The average Bonchev–Trinajstić information content (AvgIpc) is 2.12. The Hall–Kier alpha value is -1.03. The first kappa shape index (κ1) is 12.0. The van der Waals surface area contributed by atoms with E-state index in [1.54, 1.807) is 0 Å². The fourth-order valence-electron chi connectivity index (χ4n) is 1.20. The summed E-state index contributed by atoms with van der Waals surface area (Å²) in [5.41, 5.74) is 0.990. The first-order valence-corrected chi connectivity index (χ1v) is 4.78. The van der Waals surface area contributed by atoms with Crippen LogP contribution in [0.5, 0.6) is 0 Å². The van der Waals surface area contributed by atoms with Crippen molar-refractivity contribution in [3.05, 3.63) is 23.8 Å². The molecule has 0 fully saturated rings. The third-order valence-corrected chi connectivity index (χ3v) is 2.21. The second-order valence-corrected chi connectivity index (χ2v) is 3.61. The summed E-state index contributed by atoms with van der Waals surface area (Å²) in [7, 11) is 0. The molecular formula is C12H19N. The van der Waals surface area contributed by atoms with Crippen LogP contribution in [0.3, 0.4) is 0 Å². The molecule has 0 aromatic heterocycles. The van der Waals surface area contributed by atoms with Gasteiger partial charge in [-0.1, -0.05) is 30.7 Å². The van der Waals surface area contributed by atoms with Gasteiger partial charge < -0.3 is 0 Å². The molecule has 0 aliphatic carbocycles. The van der Waals surface area contributed by atoms with Crippen molar-refractivity contribution in [2.75, 3.05) is 0 Å². The third-order valence-electron chi connectivity index (χ3n) is 2.21. The van der Waals surface area contributed by atoms with Gasteiger partial charge in [-0.15, -0.1) is 0 Å². The van der Waals surface area contributed by atoms with E-state index in [1.165, 1.54) is 5.57 Å². The molecule has 0 radical (unpaired) electrons. The summed E-state index contributed by atoms with van der Waals surface area (Å²) in [6, 6.07) is 2.39. The Bertz CT molecular complexity index is 238. The highest BCUT2D eigenvalue weighted by atomic mass is 14.3. The summed E-state index contributed by atoms with van der Waals surface area (Å²) in [4.78, 5) is 0. The molecular weight excluding hydrogens is 158 g/mol. The zero-order valence-electron chi connectivity index (χ0n) is 9.09. The van der Waals surface area contributed by atoms with E-state index in [0.717, 1.165) is 12.8 Å². The van der Waals surface area contributed by atoms with E-state index in [2.05, 4.69) is 32.9 Å². The predicted molar refractivity (Wildman–Crippen MR) is 57.2 cm³/mol. The molecule has 72 valence electrons. The van der Waals surface area contributed by atoms with Crippen LogP contribution < -0.4 is 0 Å². The highest BCUT2D eigenvalue weighted by Gasteiger charge is 2.22. The second kappa shape index (κ2) is 5.59. The van der Waals surface area contributed by atoms with Gasteiger partial charge in [-0.3, -0.25) is 0 Å². The Kier molecular flexibility index (Phi) is 5.14. The van der Waals surface area contributed by atoms with E-state index in [1.807, 2.05) is 19.1 Å². The topological polar surface area (TPSA) is 23.8 Å². The summed E-state index contributed by atoms with van der Waals surface area (Å²) in [5, 5.41) is 9.09. The SMILES string of the molecule is CC=CC(C#N)(CC)CC=C(C)C. The third kappa shape index (κ3) is 3.94. The smallest absolute Gasteiger partial charge is 0.0785 e. The number of hydrogen-bond donors (Lipinski definition) is 0. The van der Waals surface area contributed by atoms with Gasteiger partial charge in [0.15, 0.2) is 0 Å². The minimum Gasteiger partial charge on any atom is -0.197 e. The van der Waals surface area contributed by atoms with Crippen molar-refractivity contribution in [3.63, 3.8) is 0 Å². The molecule has 0 rings (SSSR count). The fraction of sp³-hybridized carbons (Fsp3) is 0.583. The van der Waals surface area contributed by atoms with Gasteiger partial charge in [0.05, 0.1) is 11.5 Å². The zero-order valence-corrected chi connectivity index (χ0v) is 9.09. The molecule has 0 aliphatic heterocycles. The van der Waals surface area contributed by atoms with Crippen LogP contribution in [-0.4, -0.2) is 0 Å². The van der Waals surface area contributed by atoms with E-state index in [0.29, 0.717) is 0 Å². The molecule has 0 aromatic carbocycles. The normalized spacial score (nSPS) is 15.0. The maximum absolute atomic E-state index is 9.09. The Morgan fingerprint density at radius 1 is 1.46 bits per heavy atom. The van der Waals surface area contributed by atoms with E-state index in [-0.39, 0.29) is 5.41 Å². The van der Waals surface area contributed by atoms with Crippen molar-refractivity contribution in [2.24, 2.45) is 5.41 Å². The molecule has 13 heavy (non-hydrogen) atoms. The highest BCUT2D eigenvalue weighted by molar-refractivity contribution is 5.15. The predicted octanol–water partition coefficient (Wildman–Crippen LogP) is 3.84. The van der Waals surface area contributed by atoms with Crippen LogP contribution in [0, 0.1) is 16.7 Å². The molecule has 1 unspecified atom stereocenters. The van der Waals surface area contributed by atoms with Crippen molar-refractivity contribution in [1.29, 1.82) is 5.26 Å². The Balaban J connectivity index is 4.61. The molecule has 1 heteroatoms. The van der Waals surface area contributed by atoms with Gasteiger partial charge in [0.1, 0.15) is 0 Å². The standard InChI is InChI=1S/C12H19N/c1-5-8-12(6-2,10-13)9-7-11(3)4/h5,7-8H,6,9H2,1-4H3. The van der Waals surface area contributed by atoms with Crippen LogP contribution in [0.4, 0.5) is 0 Å². The van der Waals surface area contributed by atoms with Gasteiger partial charge in [0.25, 0.3) is 0 Å². The Labute approximate surface area is 81.8 Å². The van der Waals surface area contributed by atoms with Crippen molar-refractivity contribution >= 4 is 0 Å². The molecule has 1 nitrogen and oxygen atoms in total. The van der Waals surface area contributed by atoms with Gasteiger partial charge in [0.2, 0.25) is 0 Å². The maximum Gasteiger partial charge on any atom is 0.0785 e. The first-order chi connectivity index (χ1) is 6.10. The lowest BCUT2D eigenvalue weighted by molar-refractivity contribution is 0.493. The largest absolute Gasteiger partial charge is 0.197 e. The van der Waals surface area contributed by atoms with Gasteiger partial charge in [0, 0.05) is 0 Å². The maximum atomic E-state index is 9.09. The minimum atomic E-state index is -0.286. The average molecular weight is 177 g/mol. The summed E-state index contributed by atoms with van der Waals surface area (Å²) in [6.45, 7) is 8.15. The number of nitriles is 1. The van der Waals surface area contributed by atoms with Crippen molar-refractivity contribution in [3.8, 4) is 6.07 Å². The van der Waals surface area contributed by atoms with E-state index in [4.69, 9.17) is 5.26 Å². The molecule has 0 aliphatic rings. The number of rotatable bonds is 4. The lowest BCUT2D eigenvalue weighted by Gasteiger charge is -2.18. The minimum absolute atomic E-state index is 0.286. The molecule has 0 aromatic rings. The summed E-state index contributed by atoms with van der Waals surface area (Å²) >= 11 is 0. The van der Waals surface area contributed by atoms with Crippen LogP contribution in [0.15, 0.2) is 23.8 Å². The molecule has 0 heterocycles. The van der Waals surface area contributed by atoms with Crippen LogP contribution in [0.25, 0.3) is 0 Å². The first-order valence-electron chi connectivity index (χ1n) is 4.78. The molecule has 0 saturated carbocycles. The van der Waals surface area contributed by atoms with E-state index >= 15 is 0 Å². The van der Waals surface area contributed by atoms with Gasteiger partial charge in [-0.25, -0.2) is 0 Å². The van der Waals surface area contributed by atoms with Crippen molar-refractivity contribution in [2.45, 2.75) is 40.5 Å². The lowest BCUT2D eigenvalue weighted by Crippen LogP contribution is -2.12. The Morgan fingerprint density at radius 2 is 2.08 bits per heavy atom. The number of nitrogens with zero attached hydrogens (tertiary/aromatic N) is 1. The molecule has 0 saturated heterocycles. The quantitative estimate of drug-likeness (QED) is 0.598. The number of hydrogen-bond acceptors (Lipinski definition) is 1. The summed E-state index contributed by atoms with van der Waals surface area (Å²) in [6.07, 6.45) is 7.80. The van der Waals surface area contributed by atoms with E-state index < -0.39 is 0 Å². The molecule has 0 bridgehead atoms.